The van der Waals surface area contributed by atoms with Crippen LogP contribution in [0.3, 0.4) is 0 Å². The molecule has 0 saturated carbocycles. The second kappa shape index (κ2) is 11.7. The number of ketones is 1. The maximum Gasteiger partial charge on any atom is 0.295 e. The molecule has 1 aliphatic heterocycles. The van der Waals surface area contributed by atoms with Crippen molar-refractivity contribution in [3.8, 4) is 23.0 Å². The zero-order chi connectivity index (χ0) is 29.1. The van der Waals surface area contributed by atoms with Crippen LogP contribution < -0.4 is 18.9 Å². The lowest BCUT2D eigenvalue weighted by Gasteiger charge is -2.27. The molecule has 212 valence electrons. The van der Waals surface area contributed by atoms with Gasteiger partial charge in [0.2, 0.25) is 0 Å². The molecular formula is C32H32N2O7. The van der Waals surface area contributed by atoms with Gasteiger partial charge in [0.1, 0.15) is 28.8 Å². The zero-order valence-corrected chi connectivity index (χ0v) is 23.4. The fourth-order valence-electron chi connectivity index (χ4n) is 5.24. The Hall–Kier alpha value is -4.92. The average Bonchev–Trinajstić information content (AvgIpc) is 3.52. The van der Waals surface area contributed by atoms with E-state index in [1.165, 1.54) is 12.0 Å². The number of H-pyrrole nitrogens is 1. The molecule has 0 aliphatic carbocycles. The van der Waals surface area contributed by atoms with Crippen LogP contribution in [0, 0.1) is 0 Å². The highest BCUT2D eigenvalue weighted by Crippen LogP contribution is 2.44. The van der Waals surface area contributed by atoms with Crippen LogP contribution in [0.4, 0.5) is 0 Å². The van der Waals surface area contributed by atoms with E-state index in [0.29, 0.717) is 41.4 Å². The lowest BCUT2D eigenvalue weighted by molar-refractivity contribution is -0.139. The number of carbonyl (C=O) groups is 2. The Morgan fingerprint density at radius 1 is 0.902 bits per heavy atom. The molecule has 2 N–H and O–H groups in total. The van der Waals surface area contributed by atoms with Crippen molar-refractivity contribution in [1.82, 2.24) is 9.88 Å². The number of likely N-dealkylation sites (tertiary alicyclic amines) is 1. The summed E-state index contributed by atoms with van der Waals surface area (Å²) in [4.78, 5) is 31.8. The van der Waals surface area contributed by atoms with E-state index in [0.717, 1.165) is 22.2 Å². The number of Topliss-reactive ketones (excluding diaryl/α,β-unsaturated/α-hetero) is 1. The molecule has 1 aromatic heterocycles. The molecule has 1 atom stereocenters. The van der Waals surface area contributed by atoms with Crippen LogP contribution in [0.1, 0.15) is 29.7 Å². The first-order valence-corrected chi connectivity index (χ1v) is 13.3. The number of aliphatic hydroxyl groups is 1. The molecule has 41 heavy (non-hydrogen) atoms. The summed E-state index contributed by atoms with van der Waals surface area (Å²) in [5.41, 5.74) is 2.84. The number of fused-ring (bicyclic) bond motifs is 1. The minimum atomic E-state index is -0.887. The summed E-state index contributed by atoms with van der Waals surface area (Å²) in [6.07, 6.45) is 2.35. The van der Waals surface area contributed by atoms with E-state index in [4.69, 9.17) is 18.9 Å². The third kappa shape index (κ3) is 5.18. The quantitative estimate of drug-likeness (QED) is 0.156. The number of amides is 1. The summed E-state index contributed by atoms with van der Waals surface area (Å²) < 4.78 is 21.9. The van der Waals surface area contributed by atoms with Gasteiger partial charge in [-0.15, -0.1) is 0 Å². The number of carbonyl (C=O) groups excluding carboxylic acids is 2. The van der Waals surface area contributed by atoms with E-state index in [-0.39, 0.29) is 17.9 Å². The van der Waals surface area contributed by atoms with E-state index in [1.807, 2.05) is 31.3 Å². The molecule has 2 heterocycles. The van der Waals surface area contributed by atoms with Crippen molar-refractivity contribution in [3.05, 3.63) is 89.1 Å². The highest BCUT2D eigenvalue weighted by atomic mass is 16.5. The molecule has 9 nitrogen and oxygen atoms in total. The summed E-state index contributed by atoms with van der Waals surface area (Å²) in [5.74, 6) is 0.606. The van der Waals surface area contributed by atoms with Gasteiger partial charge in [-0.05, 0) is 73.5 Å². The number of aliphatic hydroxyl groups excluding tert-OH is 1. The normalized spacial score (nSPS) is 16.3. The van der Waals surface area contributed by atoms with Crippen molar-refractivity contribution < 1.29 is 33.6 Å². The first-order chi connectivity index (χ1) is 19.9. The van der Waals surface area contributed by atoms with E-state index in [1.54, 1.807) is 56.7 Å². The third-order valence-corrected chi connectivity index (χ3v) is 7.31. The van der Waals surface area contributed by atoms with Crippen LogP contribution in [0.2, 0.25) is 0 Å². The number of methoxy groups -OCH3 is 3. The molecule has 1 aliphatic rings. The smallest absolute Gasteiger partial charge is 0.295 e. The Labute approximate surface area is 237 Å². The number of nitrogens with one attached hydrogen (secondary N) is 1. The molecule has 0 spiro atoms. The standard InChI is InChI=1S/C32H32N2O7/c1-5-41-21-8-6-19(7-9-21)30(35)28-29(24-12-10-23(39-3)17-27(24)40-4)34(32(37)31(28)36)15-14-20-18-33-26-13-11-22(38-2)16-25(20)26/h6-13,16-18,29,33,35H,5,14-15H2,1-4H3/t29-/m0/s1. The number of benzene rings is 3. The third-order valence-electron chi connectivity index (χ3n) is 7.31. The van der Waals surface area contributed by atoms with Crippen molar-refractivity contribution >= 4 is 28.4 Å². The largest absolute Gasteiger partial charge is 0.507 e. The monoisotopic (exact) mass is 556 g/mol. The van der Waals surface area contributed by atoms with Crippen molar-refractivity contribution in [1.29, 1.82) is 0 Å². The van der Waals surface area contributed by atoms with Gasteiger partial charge < -0.3 is 33.9 Å². The van der Waals surface area contributed by atoms with Crippen LogP contribution in [0.5, 0.6) is 23.0 Å². The summed E-state index contributed by atoms with van der Waals surface area (Å²) in [5, 5.41) is 12.4. The van der Waals surface area contributed by atoms with E-state index in [2.05, 4.69) is 4.98 Å². The van der Waals surface area contributed by atoms with Crippen molar-refractivity contribution in [3.63, 3.8) is 0 Å². The predicted octanol–water partition coefficient (Wildman–Crippen LogP) is 5.26. The maximum atomic E-state index is 13.5. The second-order valence-corrected chi connectivity index (χ2v) is 9.53. The first-order valence-electron chi connectivity index (χ1n) is 13.3. The SMILES string of the molecule is CCOc1ccc(C(O)=C2C(=O)C(=O)N(CCc3c[nH]c4ccc(OC)cc34)[C@H]2c2ccc(OC)cc2OC)cc1. The van der Waals surface area contributed by atoms with Crippen LogP contribution in [-0.4, -0.2) is 61.2 Å². The van der Waals surface area contributed by atoms with Crippen molar-refractivity contribution in [2.45, 2.75) is 19.4 Å². The molecule has 0 unspecified atom stereocenters. The Kier molecular flexibility index (Phi) is 7.87. The molecule has 1 saturated heterocycles. The zero-order valence-electron chi connectivity index (χ0n) is 23.4. The van der Waals surface area contributed by atoms with Gasteiger partial charge in [0, 0.05) is 40.8 Å². The lowest BCUT2D eigenvalue weighted by Crippen LogP contribution is -2.31. The second-order valence-electron chi connectivity index (χ2n) is 9.53. The van der Waals surface area contributed by atoms with E-state index in [9.17, 15) is 14.7 Å². The Balaban J connectivity index is 1.58. The number of aromatic amines is 1. The highest BCUT2D eigenvalue weighted by molar-refractivity contribution is 6.46. The van der Waals surface area contributed by atoms with Gasteiger partial charge in [0.05, 0.1) is 39.6 Å². The van der Waals surface area contributed by atoms with Crippen molar-refractivity contribution in [2.75, 3.05) is 34.5 Å². The van der Waals surface area contributed by atoms with Crippen LogP contribution >= 0.6 is 0 Å². The molecule has 1 amide bonds. The average molecular weight is 557 g/mol. The highest BCUT2D eigenvalue weighted by Gasteiger charge is 2.47. The molecule has 1 fully saturated rings. The number of hydrogen-bond acceptors (Lipinski definition) is 7. The number of hydrogen-bond donors (Lipinski definition) is 2. The van der Waals surface area contributed by atoms with Crippen molar-refractivity contribution in [2.24, 2.45) is 0 Å². The molecule has 0 radical (unpaired) electrons. The van der Waals surface area contributed by atoms with Gasteiger partial charge in [-0.3, -0.25) is 9.59 Å². The number of nitrogens with zero attached hydrogens (tertiary/aromatic N) is 1. The number of aromatic nitrogens is 1. The van der Waals surface area contributed by atoms with Gasteiger partial charge in [-0.2, -0.15) is 0 Å². The maximum absolute atomic E-state index is 13.5. The van der Waals surface area contributed by atoms with Crippen LogP contribution in [0.25, 0.3) is 16.7 Å². The molecule has 0 bridgehead atoms. The van der Waals surface area contributed by atoms with Crippen LogP contribution in [0.15, 0.2) is 72.4 Å². The van der Waals surface area contributed by atoms with E-state index >= 15 is 0 Å². The van der Waals surface area contributed by atoms with Gasteiger partial charge in [0.15, 0.2) is 0 Å². The Morgan fingerprint density at radius 2 is 1.59 bits per heavy atom. The lowest BCUT2D eigenvalue weighted by atomic mass is 9.94. The van der Waals surface area contributed by atoms with Gasteiger partial charge >= 0.3 is 0 Å². The summed E-state index contributed by atoms with van der Waals surface area (Å²) in [7, 11) is 4.67. The number of rotatable bonds is 10. The minimum Gasteiger partial charge on any atom is -0.507 e. The molecule has 3 aromatic carbocycles. The van der Waals surface area contributed by atoms with Gasteiger partial charge in [-0.25, -0.2) is 0 Å². The summed E-state index contributed by atoms with van der Waals surface area (Å²) in [6, 6.07) is 16.8. The fraction of sp³-hybridized carbons (Fsp3) is 0.250. The number of ether oxygens (including phenoxy) is 4. The van der Waals surface area contributed by atoms with E-state index < -0.39 is 17.7 Å². The summed E-state index contributed by atoms with van der Waals surface area (Å²) in [6.45, 7) is 2.59. The summed E-state index contributed by atoms with van der Waals surface area (Å²) >= 11 is 0. The predicted molar refractivity (Wildman–Crippen MR) is 155 cm³/mol. The van der Waals surface area contributed by atoms with Gasteiger partial charge in [-0.1, -0.05) is 0 Å². The molecule has 5 rings (SSSR count). The Morgan fingerprint density at radius 3 is 2.27 bits per heavy atom. The fourth-order valence-corrected chi connectivity index (χ4v) is 5.24. The molecule has 9 heteroatoms. The van der Waals surface area contributed by atoms with Crippen LogP contribution in [-0.2, 0) is 16.0 Å². The molecule has 4 aromatic rings. The first kappa shape index (κ1) is 27.6. The topological polar surface area (TPSA) is 110 Å². The molecular weight excluding hydrogens is 524 g/mol. The Bertz CT molecular complexity index is 1620. The minimum absolute atomic E-state index is 0.0109. The van der Waals surface area contributed by atoms with Gasteiger partial charge in [0.25, 0.3) is 11.7 Å².